The number of nitrogens with zero attached hydrogens (tertiary/aromatic N) is 1. The van der Waals surface area contributed by atoms with Gasteiger partial charge in [-0.25, -0.2) is 4.79 Å². The van der Waals surface area contributed by atoms with Crippen LogP contribution in [-0.2, 0) is 14.4 Å². The third-order valence-corrected chi connectivity index (χ3v) is 5.43. The zero-order valence-electron chi connectivity index (χ0n) is 16.8. The molecule has 2 unspecified atom stereocenters. The van der Waals surface area contributed by atoms with Crippen LogP contribution in [0.4, 0.5) is 5.69 Å². The first-order valence-electron chi connectivity index (χ1n) is 10.2. The van der Waals surface area contributed by atoms with Crippen molar-refractivity contribution in [1.82, 2.24) is 10.2 Å². The second-order valence-electron chi connectivity index (χ2n) is 7.59. The third-order valence-electron chi connectivity index (χ3n) is 5.43. The smallest absolute Gasteiger partial charge is 0.326 e. The number of fused-ring (bicyclic) bond motifs is 1. The van der Waals surface area contributed by atoms with Gasteiger partial charge in [0, 0.05) is 12.1 Å². The molecule has 30 heavy (non-hydrogen) atoms. The number of rotatable bonds is 9. The van der Waals surface area contributed by atoms with E-state index in [-0.39, 0.29) is 24.0 Å². The van der Waals surface area contributed by atoms with Crippen molar-refractivity contribution in [3.05, 3.63) is 29.3 Å². The average molecular weight is 415 g/mol. The molecule has 1 saturated heterocycles. The maximum Gasteiger partial charge on any atom is 0.326 e. The van der Waals surface area contributed by atoms with E-state index in [1.165, 1.54) is 12.1 Å². The van der Waals surface area contributed by atoms with E-state index in [9.17, 15) is 29.1 Å². The fourth-order valence-corrected chi connectivity index (χ4v) is 3.79. The van der Waals surface area contributed by atoms with Gasteiger partial charge in [0.25, 0.3) is 11.8 Å². The molecule has 0 spiro atoms. The summed E-state index contributed by atoms with van der Waals surface area (Å²) in [4.78, 5) is 61.5. The number of piperidine rings is 1. The minimum Gasteiger partial charge on any atom is -0.480 e. The Balaban J connectivity index is 1.75. The summed E-state index contributed by atoms with van der Waals surface area (Å²) >= 11 is 0. The summed E-state index contributed by atoms with van der Waals surface area (Å²) in [6.07, 6.45) is 4.38. The highest BCUT2D eigenvalue weighted by Crippen LogP contribution is 2.30. The first-order chi connectivity index (χ1) is 14.3. The van der Waals surface area contributed by atoms with E-state index in [1.54, 1.807) is 6.07 Å². The fourth-order valence-electron chi connectivity index (χ4n) is 3.79. The van der Waals surface area contributed by atoms with E-state index in [0.717, 1.165) is 30.6 Å². The molecule has 0 aliphatic carbocycles. The molecule has 9 nitrogen and oxygen atoms in total. The van der Waals surface area contributed by atoms with Crippen LogP contribution in [-0.4, -0.2) is 51.7 Å². The molecule has 2 aliphatic heterocycles. The molecule has 9 heteroatoms. The molecule has 3 rings (SSSR count). The number of hydrogen-bond donors (Lipinski definition) is 3. The Morgan fingerprint density at radius 3 is 2.57 bits per heavy atom. The topological polar surface area (TPSA) is 133 Å². The minimum atomic E-state index is -1.03. The largest absolute Gasteiger partial charge is 0.480 e. The Morgan fingerprint density at radius 1 is 1.17 bits per heavy atom. The summed E-state index contributed by atoms with van der Waals surface area (Å²) in [6, 6.07) is 2.62. The Kier molecular flexibility index (Phi) is 6.49. The van der Waals surface area contributed by atoms with Gasteiger partial charge in [-0.2, -0.15) is 0 Å². The second kappa shape index (κ2) is 9.06. The van der Waals surface area contributed by atoms with E-state index in [1.807, 2.05) is 0 Å². The number of carbonyl (C=O) groups excluding carboxylic acids is 4. The monoisotopic (exact) mass is 415 g/mol. The maximum atomic E-state index is 12.8. The lowest BCUT2D eigenvalue weighted by Crippen LogP contribution is -2.54. The van der Waals surface area contributed by atoms with Crippen LogP contribution in [0, 0.1) is 0 Å². The van der Waals surface area contributed by atoms with Crippen molar-refractivity contribution in [3.63, 3.8) is 0 Å². The van der Waals surface area contributed by atoms with Crippen LogP contribution in [0.3, 0.4) is 0 Å². The van der Waals surface area contributed by atoms with Gasteiger partial charge in [-0.05, 0) is 31.0 Å². The second-order valence-corrected chi connectivity index (χ2v) is 7.59. The van der Waals surface area contributed by atoms with Gasteiger partial charge in [0.05, 0.1) is 11.1 Å². The van der Waals surface area contributed by atoms with Crippen LogP contribution in [0.5, 0.6) is 0 Å². The van der Waals surface area contributed by atoms with E-state index >= 15 is 0 Å². The Hall–Kier alpha value is -3.23. The molecule has 160 valence electrons. The molecule has 1 fully saturated rings. The number of amides is 4. The number of nitrogens with one attached hydrogen (secondary N) is 2. The Labute approximate surface area is 173 Å². The molecule has 2 heterocycles. The van der Waals surface area contributed by atoms with Gasteiger partial charge in [-0.3, -0.25) is 29.4 Å². The van der Waals surface area contributed by atoms with Gasteiger partial charge in [0.15, 0.2) is 0 Å². The van der Waals surface area contributed by atoms with Gasteiger partial charge in [0.1, 0.15) is 12.1 Å². The molecule has 2 aliphatic rings. The predicted molar refractivity (Wildman–Crippen MR) is 107 cm³/mol. The lowest BCUT2D eigenvalue weighted by Gasteiger charge is -2.27. The molecule has 2 atom stereocenters. The van der Waals surface area contributed by atoms with E-state index in [4.69, 9.17) is 0 Å². The van der Waals surface area contributed by atoms with Gasteiger partial charge in [-0.1, -0.05) is 32.6 Å². The van der Waals surface area contributed by atoms with Gasteiger partial charge in [0.2, 0.25) is 11.8 Å². The first-order valence-corrected chi connectivity index (χ1v) is 10.2. The lowest BCUT2D eigenvalue weighted by atomic mass is 10.0. The predicted octanol–water partition coefficient (Wildman–Crippen LogP) is 1.92. The number of carboxylic acids is 1. The van der Waals surface area contributed by atoms with E-state index in [0.29, 0.717) is 12.1 Å². The number of carbonyl (C=O) groups is 5. The lowest BCUT2D eigenvalue weighted by molar-refractivity contribution is -0.138. The van der Waals surface area contributed by atoms with Crippen molar-refractivity contribution in [2.75, 3.05) is 5.32 Å². The summed E-state index contributed by atoms with van der Waals surface area (Å²) in [6.45, 7) is 2.08. The zero-order chi connectivity index (χ0) is 21.8. The average Bonchev–Trinajstić information content (AvgIpc) is 2.94. The maximum absolute atomic E-state index is 12.8. The van der Waals surface area contributed by atoms with Crippen molar-refractivity contribution in [1.29, 1.82) is 0 Å². The van der Waals surface area contributed by atoms with Crippen molar-refractivity contribution < 1.29 is 29.1 Å². The third kappa shape index (κ3) is 4.34. The molecular formula is C21H25N3O6. The van der Waals surface area contributed by atoms with Gasteiger partial charge >= 0.3 is 5.97 Å². The van der Waals surface area contributed by atoms with Crippen LogP contribution in [0.2, 0.25) is 0 Å². The molecular weight excluding hydrogens is 390 g/mol. The number of unbranched alkanes of at least 4 members (excludes halogenated alkanes) is 3. The number of imide groups is 2. The highest BCUT2D eigenvalue weighted by atomic mass is 16.4. The van der Waals surface area contributed by atoms with Crippen molar-refractivity contribution >= 4 is 35.3 Å². The highest BCUT2D eigenvalue weighted by Gasteiger charge is 2.44. The van der Waals surface area contributed by atoms with Crippen LogP contribution >= 0.6 is 0 Å². The molecule has 0 aromatic heterocycles. The van der Waals surface area contributed by atoms with Crippen LogP contribution in [0.25, 0.3) is 0 Å². The quantitative estimate of drug-likeness (QED) is 0.414. The van der Waals surface area contributed by atoms with E-state index in [2.05, 4.69) is 17.6 Å². The summed E-state index contributed by atoms with van der Waals surface area (Å²) < 4.78 is 0. The summed E-state index contributed by atoms with van der Waals surface area (Å²) in [5.41, 5.74) is 0.692. The molecule has 3 N–H and O–H groups in total. The number of carboxylic acid groups (broad SMARTS) is 1. The van der Waals surface area contributed by atoms with Crippen molar-refractivity contribution in [3.8, 4) is 0 Å². The normalized spacial score (nSPS) is 19.5. The molecule has 0 bridgehead atoms. The van der Waals surface area contributed by atoms with E-state index < -0.39 is 41.7 Å². The molecule has 1 aromatic rings. The number of hydrogen-bond acceptors (Lipinski definition) is 6. The minimum absolute atomic E-state index is 0.0505. The van der Waals surface area contributed by atoms with Crippen LogP contribution < -0.4 is 10.6 Å². The molecule has 4 amide bonds. The zero-order valence-corrected chi connectivity index (χ0v) is 16.8. The highest BCUT2D eigenvalue weighted by molar-refractivity contribution is 6.23. The Morgan fingerprint density at radius 2 is 1.90 bits per heavy atom. The molecule has 1 aromatic carbocycles. The summed E-state index contributed by atoms with van der Waals surface area (Å²) in [7, 11) is 0. The number of anilines is 1. The molecule has 0 radical (unpaired) electrons. The van der Waals surface area contributed by atoms with Gasteiger partial charge in [-0.15, -0.1) is 0 Å². The number of aliphatic carboxylic acids is 1. The molecule has 0 saturated carbocycles. The standard InChI is InChI=1S/C21H25N3O6/c1-2-3-4-5-6-15(21(29)30)22-12-7-8-13-14(11-12)20(28)24(19(13)27)16-9-10-17(25)23-18(16)26/h7-8,11,15-16,22H,2-6,9-10H2,1H3,(H,29,30)(H,23,25,26). The van der Waals surface area contributed by atoms with Crippen molar-refractivity contribution in [2.45, 2.75) is 64.0 Å². The summed E-state index contributed by atoms with van der Waals surface area (Å²) in [5, 5.41) is 14.6. The van der Waals surface area contributed by atoms with Crippen molar-refractivity contribution in [2.24, 2.45) is 0 Å². The Bertz CT molecular complexity index is 897. The first kappa shape index (κ1) is 21.5. The fraction of sp³-hybridized carbons (Fsp3) is 0.476. The summed E-state index contributed by atoms with van der Waals surface area (Å²) in [5.74, 6) is -3.30. The van der Waals surface area contributed by atoms with Gasteiger partial charge < -0.3 is 10.4 Å². The van der Waals surface area contributed by atoms with Crippen LogP contribution in [0.1, 0.15) is 72.6 Å². The van der Waals surface area contributed by atoms with Crippen LogP contribution in [0.15, 0.2) is 18.2 Å². The SMILES string of the molecule is CCCCCCC(Nc1ccc2c(c1)C(=O)N(C1CCC(=O)NC1=O)C2=O)C(=O)O. The number of benzene rings is 1.